The monoisotopic (exact) mass is 412 g/mol. The van der Waals surface area contributed by atoms with E-state index in [0.717, 1.165) is 24.2 Å². The Labute approximate surface area is 162 Å². The van der Waals surface area contributed by atoms with E-state index >= 15 is 0 Å². The number of benzene rings is 1. The maximum Gasteiger partial charge on any atom is 0.294 e. The predicted molar refractivity (Wildman–Crippen MR) is 103 cm³/mol. The van der Waals surface area contributed by atoms with Gasteiger partial charge in [0, 0.05) is 25.2 Å². The Bertz CT molecular complexity index is 943. The van der Waals surface area contributed by atoms with Gasteiger partial charge in [0.25, 0.3) is 10.1 Å². The van der Waals surface area contributed by atoms with Gasteiger partial charge in [0.15, 0.2) is 0 Å². The highest BCUT2D eigenvalue weighted by Crippen LogP contribution is 2.42. The molecule has 1 aliphatic carbocycles. The Morgan fingerprint density at radius 1 is 1.19 bits per heavy atom. The number of aromatic nitrogens is 1. The van der Waals surface area contributed by atoms with Crippen LogP contribution in [0.3, 0.4) is 0 Å². The third-order valence-electron chi connectivity index (χ3n) is 4.50. The van der Waals surface area contributed by atoms with E-state index in [0.29, 0.717) is 22.0 Å². The van der Waals surface area contributed by atoms with Crippen molar-refractivity contribution in [3.05, 3.63) is 63.9 Å². The second-order valence-electron chi connectivity index (χ2n) is 6.34. The van der Waals surface area contributed by atoms with Gasteiger partial charge in [-0.1, -0.05) is 47.0 Å². The first kappa shape index (κ1) is 19.3. The van der Waals surface area contributed by atoms with Gasteiger partial charge in [0.05, 0.1) is 9.92 Å². The molecule has 2 aromatic rings. The number of aryl methyl sites for hydroxylation is 1. The van der Waals surface area contributed by atoms with Crippen molar-refractivity contribution in [2.75, 3.05) is 13.1 Å². The molecule has 26 heavy (non-hydrogen) atoms. The number of halogens is 2. The lowest BCUT2D eigenvalue weighted by molar-refractivity contribution is 0.483. The molecule has 1 aliphatic heterocycles. The molecule has 0 amide bonds. The summed E-state index contributed by atoms with van der Waals surface area (Å²) in [5.74, 6) is 1.35. The topological polar surface area (TPSA) is 79.3 Å². The van der Waals surface area contributed by atoms with Crippen LogP contribution >= 0.6 is 23.2 Å². The average molecular weight is 413 g/mol. The molecule has 2 heterocycles. The molecule has 0 radical (unpaired) electrons. The first-order valence-corrected chi connectivity index (χ1v) is 10.2. The molecule has 0 bridgehead atoms. The maximum absolute atomic E-state index is 10.5. The van der Waals surface area contributed by atoms with Crippen LogP contribution in [0.4, 0.5) is 0 Å². The van der Waals surface area contributed by atoms with Gasteiger partial charge in [0.2, 0.25) is 0 Å². The smallest absolute Gasteiger partial charge is 0.294 e. The van der Waals surface area contributed by atoms with E-state index in [-0.39, 0.29) is 4.90 Å². The second kappa shape index (κ2) is 7.66. The molecule has 1 fully saturated rings. The van der Waals surface area contributed by atoms with E-state index < -0.39 is 10.1 Å². The predicted octanol–water partition coefficient (Wildman–Crippen LogP) is 3.86. The number of pyridine rings is 1. The third-order valence-corrected chi connectivity index (χ3v) is 6.06. The van der Waals surface area contributed by atoms with Crippen LogP contribution in [0.1, 0.15) is 11.1 Å². The Morgan fingerprint density at radius 3 is 2.46 bits per heavy atom. The van der Waals surface area contributed by atoms with Crippen molar-refractivity contribution >= 4 is 38.9 Å². The lowest BCUT2D eigenvalue weighted by atomic mass is 9.74. The number of fused-ring (bicyclic) bond motifs is 1. The summed E-state index contributed by atoms with van der Waals surface area (Å²) in [7, 11) is -4.02. The SMILES string of the molecule is Cc1ccc(S(=O)(=O)O)cc1.Clc1cc(C2=C[C@@H]3CNC[C@H]23)cnc1Cl. The van der Waals surface area contributed by atoms with Crippen LogP contribution in [0, 0.1) is 18.8 Å². The van der Waals surface area contributed by atoms with Crippen LogP contribution in [-0.2, 0) is 10.1 Å². The quantitative estimate of drug-likeness (QED) is 0.578. The van der Waals surface area contributed by atoms with Crippen LogP contribution in [0.5, 0.6) is 0 Å². The highest BCUT2D eigenvalue weighted by molar-refractivity contribution is 7.85. The minimum Gasteiger partial charge on any atom is -0.315 e. The number of nitrogens with one attached hydrogen (secondary N) is 1. The minimum atomic E-state index is -4.02. The molecule has 138 valence electrons. The zero-order valence-corrected chi connectivity index (χ0v) is 16.3. The van der Waals surface area contributed by atoms with E-state index in [1.165, 1.54) is 17.7 Å². The Kier molecular flexibility index (Phi) is 5.69. The first-order valence-electron chi connectivity index (χ1n) is 8.03. The summed E-state index contributed by atoms with van der Waals surface area (Å²) in [5.41, 5.74) is 3.42. The van der Waals surface area contributed by atoms with Crippen LogP contribution in [-0.4, -0.2) is 31.0 Å². The normalized spacial score (nSPS) is 21.2. The van der Waals surface area contributed by atoms with Crippen molar-refractivity contribution in [3.63, 3.8) is 0 Å². The van der Waals surface area contributed by atoms with Crippen molar-refractivity contribution in [3.8, 4) is 0 Å². The lowest BCUT2D eigenvalue weighted by Gasteiger charge is -2.29. The van der Waals surface area contributed by atoms with Crippen LogP contribution < -0.4 is 5.32 Å². The van der Waals surface area contributed by atoms with Gasteiger partial charge in [-0.05, 0) is 42.2 Å². The highest BCUT2D eigenvalue weighted by Gasteiger charge is 2.36. The Morgan fingerprint density at radius 2 is 1.88 bits per heavy atom. The van der Waals surface area contributed by atoms with Gasteiger partial charge >= 0.3 is 0 Å². The van der Waals surface area contributed by atoms with Crippen molar-refractivity contribution in [1.29, 1.82) is 0 Å². The summed E-state index contributed by atoms with van der Waals surface area (Å²) in [6.45, 7) is 4.01. The second-order valence-corrected chi connectivity index (χ2v) is 8.52. The van der Waals surface area contributed by atoms with Gasteiger partial charge in [-0.15, -0.1) is 0 Å². The molecule has 4 rings (SSSR count). The fourth-order valence-corrected chi connectivity index (χ4v) is 3.80. The molecular weight excluding hydrogens is 395 g/mol. The largest absolute Gasteiger partial charge is 0.315 e. The van der Waals surface area contributed by atoms with Crippen molar-refractivity contribution in [1.82, 2.24) is 10.3 Å². The Hall–Kier alpha value is -1.44. The molecule has 2 N–H and O–H groups in total. The minimum absolute atomic E-state index is 0.0666. The van der Waals surface area contributed by atoms with Crippen molar-refractivity contribution in [2.45, 2.75) is 11.8 Å². The first-order chi connectivity index (χ1) is 12.3. The zero-order valence-electron chi connectivity index (χ0n) is 14.0. The third kappa shape index (κ3) is 4.27. The molecule has 8 heteroatoms. The van der Waals surface area contributed by atoms with Gasteiger partial charge < -0.3 is 5.32 Å². The van der Waals surface area contributed by atoms with Gasteiger partial charge in [-0.25, -0.2) is 4.98 Å². The number of hydrogen-bond acceptors (Lipinski definition) is 4. The van der Waals surface area contributed by atoms with E-state index in [2.05, 4.69) is 16.4 Å². The molecule has 1 saturated heterocycles. The van der Waals surface area contributed by atoms with E-state index in [4.69, 9.17) is 27.8 Å². The Balaban J connectivity index is 0.000000160. The molecule has 1 aromatic carbocycles. The summed E-state index contributed by atoms with van der Waals surface area (Å²) in [6.07, 6.45) is 4.10. The number of nitrogens with zero attached hydrogens (tertiary/aromatic N) is 1. The van der Waals surface area contributed by atoms with E-state index in [9.17, 15) is 8.42 Å². The number of hydrogen-bond donors (Lipinski definition) is 2. The van der Waals surface area contributed by atoms with Crippen LogP contribution in [0.25, 0.3) is 5.57 Å². The van der Waals surface area contributed by atoms with E-state index in [1.807, 2.05) is 13.0 Å². The molecule has 2 aliphatic rings. The molecule has 5 nitrogen and oxygen atoms in total. The lowest BCUT2D eigenvalue weighted by Crippen LogP contribution is -2.22. The standard InChI is InChI=1S/C11H10Cl2N2.C7H8O3S/c12-10-2-7(4-15-11(10)13)8-1-6-3-14-5-9(6)8;1-6-2-4-7(5-3-6)11(8,9)10/h1-2,4,6,9,14H,3,5H2;2-5H,1H3,(H,8,9,10)/t6-,9+;/m1./s1. The zero-order chi connectivity index (χ0) is 18.9. The van der Waals surface area contributed by atoms with Crippen LogP contribution in [0.2, 0.25) is 10.2 Å². The van der Waals surface area contributed by atoms with Gasteiger partial charge in [-0.3, -0.25) is 4.55 Å². The van der Waals surface area contributed by atoms with Gasteiger partial charge in [-0.2, -0.15) is 8.42 Å². The van der Waals surface area contributed by atoms with Crippen molar-refractivity contribution < 1.29 is 13.0 Å². The molecular formula is C18H18Cl2N2O3S. The molecule has 0 unspecified atom stereocenters. The summed E-state index contributed by atoms with van der Waals surface area (Å²) in [4.78, 5) is 4.00. The van der Waals surface area contributed by atoms with E-state index in [1.54, 1.807) is 18.3 Å². The maximum atomic E-state index is 10.5. The molecule has 2 atom stereocenters. The molecule has 0 saturated carbocycles. The van der Waals surface area contributed by atoms with Crippen molar-refractivity contribution in [2.24, 2.45) is 11.8 Å². The fraction of sp³-hybridized carbons (Fsp3) is 0.278. The summed E-state index contributed by atoms with van der Waals surface area (Å²) < 4.78 is 29.6. The summed E-state index contributed by atoms with van der Waals surface area (Å²) in [5, 5.41) is 4.29. The van der Waals surface area contributed by atoms with Crippen LogP contribution in [0.15, 0.2) is 47.5 Å². The fourth-order valence-electron chi connectivity index (χ4n) is 3.05. The number of rotatable bonds is 2. The summed E-state index contributed by atoms with van der Waals surface area (Å²) >= 11 is 11.7. The highest BCUT2D eigenvalue weighted by atomic mass is 35.5. The summed E-state index contributed by atoms with van der Waals surface area (Å²) in [6, 6.07) is 7.89. The molecule has 0 spiro atoms. The van der Waals surface area contributed by atoms with Gasteiger partial charge in [0.1, 0.15) is 5.15 Å². The molecule has 1 aromatic heterocycles. The average Bonchev–Trinajstić information content (AvgIpc) is 2.92.